The Hall–Kier alpha value is -2.20. The molecule has 0 aromatic heterocycles. The van der Waals surface area contributed by atoms with E-state index in [9.17, 15) is 9.18 Å². The molecule has 2 fully saturated rings. The average Bonchev–Trinajstić information content (AvgIpc) is 3.36. The number of carbonyl (C=O) groups is 1. The zero-order valence-electron chi connectivity index (χ0n) is 15.6. The Morgan fingerprint density at radius 2 is 1.81 bits per heavy atom. The Morgan fingerprint density at radius 3 is 2.48 bits per heavy atom. The molecule has 2 aromatic rings. The van der Waals surface area contributed by atoms with E-state index in [0.717, 1.165) is 31.2 Å². The molecule has 0 unspecified atom stereocenters. The summed E-state index contributed by atoms with van der Waals surface area (Å²) in [4.78, 5) is 15.7. The van der Waals surface area contributed by atoms with Gasteiger partial charge in [0.2, 0.25) is 5.91 Å². The highest BCUT2D eigenvalue weighted by atomic mass is 19.1. The number of nitrogens with zero attached hydrogens (tertiary/aromatic N) is 1. The van der Waals surface area contributed by atoms with Crippen molar-refractivity contribution in [2.75, 3.05) is 19.6 Å². The highest BCUT2D eigenvalue weighted by Gasteiger charge is 2.48. The first-order valence-corrected chi connectivity index (χ1v) is 9.94. The van der Waals surface area contributed by atoms with Gasteiger partial charge in [-0.25, -0.2) is 4.39 Å². The van der Waals surface area contributed by atoms with Crippen LogP contribution in [0.4, 0.5) is 4.39 Å². The first-order valence-electron chi connectivity index (χ1n) is 9.94. The van der Waals surface area contributed by atoms with Crippen molar-refractivity contribution in [2.24, 2.45) is 11.7 Å². The minimum absolute atomic E-state index is 0.155. The van der Waals surface area contributed by atoms with Crippen molar-refractivity contribution in [3.8, 4) is 0 Å². The second kappa shape index (κ2) is 7.43. The molecule has 1 aliphatic heterocycles. The molecule has 2 aromatic carbocycles. The van der Waals surface area contributed by atoms with Crippen LogP contribution in [0.1, 0.15) is 42.7 Å². The fourth-order valence-electron chi connectivity index (χ4n) is 5.05. The highest BCUT2D eigenvalue weighted by molar-refractivity contribution is 5.89. The standard InChI is InChI=1S/C23H27FN2O/c24-20-10-6-9-19(13-20)23(11-4-5-12-23)22(27)26-15-18(14-25)21(16-26)17-7-2-1-3-8-17/h1-3,6-10,13,18,21H,4-5,11-12,14-16,25H2/t18-,21+/m1/s1. The fourth-order valence-corrected chi connectivity index (χ4v) is 5.05. The van der Waals surface area contributed by atoms with E-state index in [0.29, 0.717) is 19.6 Å². The van der Waals surface area contributed by atoms with Crippen LogP contribution in [-0.4, -0.2) is 30.4 Å². The zero-order chi connectivity index (χ0) is 18.9. The van der Waals surface area contributed by atoms with Gasteiger partial charge in [-0.1, -0.05) is 55.3 Å². The van der Waals surface area contributed by atoms with Crippen LogP contribution in [0.5, 0.6) is 0 Å². The summed E-state index contributed by atoms with van der Waals surface area (Å²) in [6.45, 7) is 1.95. The lowest BCUT2D eigenvalue weighted by Crippen LogP contribution is -2.45. The Bertz CT molecular complexity index is 801. The van der Waals surface area contributed by atoms with Crippen LogP contribution in [0.15, 0.2) is 54.6 Å². The lowest BCUT2D eigenvalue weighted by atomic mass is 9.77. The predicted octanol–water partition coefficient (Wildman–Crippen LogP) is 3.84. The third-order valence-electron chi connectivity index (χ3n) is 6.50. The quantitative estimate of drug-likeness (QED) is 0.894. The number of nitrogens with two attached hydrogens (primary N) is 1. The van der Waals surface area contributed by atoms with Gasteiger partial charge < -0.3 is 10.6 Å². The molecule has 2 N–H and O–H groups in total. The zero-order valence-corrected chi connectivity index (χ0v) is 15.6. The van der Waals surface area contributed by atoms with Crippen LogP contribution in [-0.2, 0) is 10.2 Å². The van der Waals surface area contributed by atoms with Crippen molar-refractivity contribution in [3.05, 3.63) is 71.5 Å². The summed E-state index contributed by atoms with van der Waals surface area (Å²) in [7, 11) is 0. The van der Waals surface area contributed by atoms with Crippen LogP contribution in [0.2, 0.25) is 0 Å². The molecular formula is C23H27FN2O. The number of likely N-dealkylation sites (tertiary alicyclic amines) is 1. The minimum atomic E-state index is -0.577. The largest absolute Gasteiger partial charge is 0.341 e. The maximum Gasteiger partial charge on any atom is 0.233 e. The molecule has 2 aliphatic rings. The summed E-state index contributed by atoms with van der Waals surface area (Å²) in [6.07, 6.45) is 3.63. The number of carbonyl (C=O) groups excluding carboxylic acids is 1. The fraction of sp³-hybridized carbons (Fsp3) is 0.435. The number of hydrogen-bond donors (Lipinski definition) is 1. The van der Waals surface area contributed by atoms with Gasteiger partial charge in [0.05, 0.1) is 5.41 Å². The van der Waals surface area contributed by atoms with Crippen LogP contribution >= 0.6 is 0 Å². The summed E-state index contributed by atoms with van der Waals surface area (Å²) in [5.41, 5.74) is 7.55. The predicted molar refractivity (Wildman–Crippen MR) is 105 cm³/mol. The molecular weight excluding hydrogens is 339 g/mol. The Morgan fingerprint density at radius 1 is 1.07 bits per heavy atom. The van der Waals surface area contributed by atoms with E-state index < -0.39 is 5.41 Å². The summed E-state index contributed by atoms with van der Waals surface area (Å²) >= 11 is 0. The van der Waals surface area contributed by atoms with E-state index >= 15 is 0 Å². The number of benzene rings is 2. The normalized spacial score (nSPS) is 24.3. The highest BCUT2D eigenvalue weighted by Crippen LogP contribution is 2.44. The van der Waals surface area contributed by atoms with E-state index in [4.69, 9.17) is 5.73 Å². The molecule has 1 amide bonds. The molecule has 142 valence electrons. The van der Waals surface area contributed by atoms with Crippen LogP contribution in [0.25, 0.3) is 0 Å². The van der Waals surface area contributed by atoms with Crippen molar-refractivity contribution >= 4 is 5.91 Å². The van der Waals surface area contributed by atoms with Gasteiger partial charge in [0.1, 0.15) is 5.82 Å². The van der Waals surface area contributed by atoms with Gasteiger partial charge in [-0.2, -0.15) is 0 Å². The molecule has 2 atom stereocenters. The molecule has 3 nitrogen and oxygen atoms in total. The SMILES string of the molecule is NC[C@@H]1CN(C(=O)C2(c3cccc(F)c3)CCCC2)C[C@H]1c1ccccc1. The van der Waals surface area contributed by atoms with Gasteiger partial charge in [-0.3, -0.25) is 4.79 Å². The second-order valence-corrected chi connectivity index (χ2v) is 8.02. The maximum absolute atomic E-state index is 13.9. The molecule has 0 spiro atoms. The third-order valence-corrected chi connectivity index (χ3v) is 6.50. The first-order chi connectivity index (χ1) is 13.1. The van der Waals surface area contributed by atoms with Gasteiger partial charge in [0.25, 0.3) is 0 Å². The van der Waals surface area contributed by atoms with E-state index in [1.165, 1.54) is 11.6 Å². The lowest BCUT2D eigenvalue weighted by molar-refractivity contribution is -0.136. The second-order valence-electron chi connectivity index (χ2n) is 8.02. The molecule has 4 heteroatoms. The molecule has 1 saturated heterocycles. The van der Waals surface area contributed by atoms with Crippen molar-refractivity contribution in [2.45, 2.75) is 37.0 Å². The Balaban J connectivity index is 1.63. The van der Waals surface area contributed by atoms with Crippen molar-refractivity contribution in [1.29, 1.82) is 0 Å². The molecule has 1 saturated carbocycles. The smallest absolute Gasteiger partial charge is 0.233 e. The van der Waals surface area contributed by atoms with Crippen molar-refractivity contribution in [3.63, 3.8) is 0 Å². The summed E-state index contributed by atoms with van der Waals surface area (Å²) in [6, 6.07) is 17.0. The Labute approximate surface area is 160 Å². The topological polar surface area (TPSA) is 46.3 Å². The molecule has 1 aliphatic carbocycles. The van der Waals surface area contributed by atoms with Gasteiger partial charge in [0.15, 0.2) is 0 Å². The molecule has 0 bridgehead atoms. The number of hydrogen-bond acceptors (Lipinski definition) is 2. The first kappa shape index (κ1) is 18.2. The number of amides is 1. The Kier molecular flexibility index (Phi) is 5.00. The van der Waals surface area contributed by atoms with Gasteiger partial charge in [0, 0.05) is 19.0 Å². The van der Waals surface area contributed by atoms with E-state index in [2.05, 4.69) is 12.1 Å². The molecule has 1 heterocycles. The summed E-state index contributed by atoms with van der Waals surface area (Å²) in [5.74, 6) is 0.422. The molecule has 27 heavy (non-hydrogen) atoms. The van der Waals surface area contributed by atoms with Gasteiger partial charge in [-0.05, 0) is 48.6 Å². The van der Waals surface area contributed by atoms with Crippen LogP contribution in [0.3, 0.4) is 0 Å². The van der Waals surface area contributed by atoms with E-state index in [1.54, 1.807) is 12.1 Å². The van der Waals surface area contributed by atoms with Gasteiger partial charge in [-0.15, -0.1) is 0 Å². The minimum Gasteiger partial charge on any atom is -0.341 e. The summed E-state index contributed by atoms with van der Waals surface area (Å²) in [5, 5.41) is 0. The van der Waals surface area contributed by atoms with E-state index in [-0.39, 0.29) is 23.6 Å². The van der Waals surface area contributed by atoms with Crippen LogP contribution in [0, 0.1) is 11.7 Å². The monoisotopic (exact) mass is 366 g/mol. The maximum atomic E-state index is 13.9. The van der Waals surface area contributed by atoms with Crippen molar-refractivity contribution in [1.82, 2.24) is 4.90 Å². The number of rotatable bonds is 4. The van der Waals surface area contributed by atoms with E-state index in [1.807, 2.05) is 29.2 Å². The van der Waals surface area contributed by atoms with Crippen molar-refractivity contribution < 1.29 is 9.18 Å². The van der Waals surface area contributed by atoms with Gasteiger partial charge >= 0.3 is 0 Å². The lowest BCUT2D eigenvalue weighted by Gasteiger charge is -2.33. The third kappa shape index (κ3) is 3.27. The molecule has 4 rings (SSSR count). The number of halogens is 1. The summed E-state index contributed by atoms with van der Waals surface area (Å²) < 4.78 is 13.9. The van der Waals surface area contributed by atoms with Crippen LogP contribution < -0.4 is 5.73 Å². The average molecular weight is 366 g/mol. The molecule has 0 radical (unpaired) electrons.